The first-order valence-electron chi connectivity index (χ1n) is 5.71. The molecule has 1 aromatic carbocycles. The van der Waals surface area contributed by atoms with E-state index in [1.54, 1.807) is 31.1 Å². The van der Waals surface area contributed by atoms with Gasteiger partial charge >= 0.3 is 5.97 Å². The normalized spacial score (nSPS) is 12.3. The fourth-order valence-corrected chi connectivity index (χ4v) is 2.26. The molecule has 0 aromatic heterocycles. The maximum absolute atomic E-state index is 11.0. The zero-order valence-electron chi connectivity index (χ0n) is 11.4. The third kappa shape index (κ3) is 3.52. The Hall–Kier alpha value is -1.46. The molecule has 19 heavy (non-hydrogen) atoms. The molecule has 0 aliphatic rings. The van der Waals surface area contributed by atoms with Crippen molar-refractivity contribution in [1.82, 2.24) is 4.90 Å². The van der Waals surface area contributed by atoms with Crippen LogP contribution in [0.4, 0.5) is 0 Å². The summed E-state index contributed by atoms with van der Waals surface area (Å²) in [5, 5.41) is 9.36. The minimum atomic E-state index is -0.885. The van der Waals surface area contributed by atoms with Gasteiger partial charge in [-0.1, -0.05) is 17.7 Å². The number of rotatable bonds is 6. The van der Waals surface area contributed by atoms with Gasteiger partial charge in [-0.25, -0.2) is 0 Å². The van der Waals surface area contributed by atoms with Gasteiger partial charge in [0.25, 0.3) is 0 Å². The van der Waals surface area contributed by atoms with Crippen LogP contribution in [0.15, 0.2) is 12.1 Å². The number of benzene rings is 1. The van der Waals surface area contributed by atoms with Crippen LogP contribution in [-0.4, -0.2) is 44.3 Å². The lowest BCUT2D eigenvalue weighted by molar-refractivity contribution is -0.138. The average Bonchev–Trinajstić information content (AvgIpc) is 2.35. The third-order valence-electron chi connectivity index (χ3n) is 2.87. The number of carboxylic acid groups (broad SMARTS) is 1. The summed E-state index contributed by atoms with van der Waals surface area (Å²) in [6.45, 7) is 0. The molecule has 5 nitrogen and oxygen atoms in total. The molecule has 0 heterocycles. The Bertz CT molecular complexity index is 462. The molecule has 0 radical (unpaired) electrons. The van der Waals surface area contributed by atoms with Crippen molar-refractivity contribution in [3.05, 3.63) is 22.7 Å². The van der Waals surface area contributed by atoms with E-state index in [1.807, 2.05) is 0 Å². The van der Waals surface area contributed by atoms with Crippen LogP contribution in [0.2, 0.25) is 5.02 Å². The first-order valence-corrected chi connectivity index (χ1v) is 6.08. The fourth-order valence-electron chi connectivity index (χ4n) is 1.90. The summed E-state index contributed by atoms with van der Waals surface area (Å²) in [5.74, 6) is 0.0486. The monoisotopic (exact) mass is 287 g/mol. The Morgan fingerprint density at radius 2 is 2.00 bits per heavy atom. The molecule has 1 unspecified atom stereocenters. The zero-order chi connectivity index (χ0) is 14.6. The Balaban J connectivity index is 3.28. The van der Waals surface area contributed by atoms with Gasteiger partial charge < -0.3 is 19.5 Å². The van der Waals surface area contributed by atoms with E-state index in [0.29, 0.717) is 22.1 Å². The maximum atomic E-state index is 11.0. The van der Waals surface area contributed by atoms with E-state index in [9.17, 15) is 4.79 Å². The SMILES string of the molecule is COc1ccc(C(CC(=O)O)N(C)C)c(Cl)c1OC. The molecule has 106 valence electrons. The minimum Gasteiger partial charge on any atom is -0.493 e. The molecule has 0 saturated carbocycles. The van der Waals surface area contributed by atoms with Crippen molar-refractivity contribution in [3.8, 4) is 11.5 Å². The van der Waals surface area contributed by atoms with E-state index >= 15 is 0 Å². The second-order valence-electron chi connectivity index (χ2n) is 4.28. The standard InChI is InChI=1S/C13H18ClNO4/c1-15(2)9(7-11(16)17)8-5-6-10(18-3)13(19-4)12(8)14/h5-6,9H,7H2,1-4H3,(H,16,17). The van der Waals surface area contributed by atoms with Crippen molar-refractivity contribution >= 4 is 17.6 Å². The summed E-state index contributed by atoms with van der Waals surface area (Å²) in [6, 6.07) is 3.15. The minimum absolute atomic E-state index is 0.0395. The predicted molar refractivity (Wildman–Crippen MR) is 73.2 cm³/mol. The van der Waals surface area contributed by atoms with Gasteiger partial charge in [-0.15, -0.1) is 0 Å². The van der Waals surface area contributed by atoms with Gasteiger partial charge in [0.2, 0.25) is 0 Å². The van der Waals surface area contributed by atoms with Crippen LogP contribution in [0.5, 0.6) is 11.5 Å². The second-order valence-corrected chi connectivity index (χ2v) is 4.66. The zero-order valence-corrected chi connectivity index (χ0v) is 12.2. The molecule has 6 heteroatoms. The molecule has 1 N–H and O–H groups in total. The van der Waals surface area contributed by atoms with Crippen molar-refractivity contribution in [3.63, 3.8) is 0 Å². The highest BCUT2D eigenvalue weighted by atomic mass is 35.5. The number of aliphatic carboxylic acids is 1. The van der Waals surface area contributed by atoms with E-state index < -0.39 is 5.97 Å². The highest BCUT2D eigenvalue weighted by molar-refractivity contribution is 6.33. The number of halogens is 1. The van der Waals surface area contributed by atoms with Crippen LogP contribution in [0.25, 0.3) is 0 Å². The van der Waals surface area contributed by atoms with Crippen LogP contribution in [-0.2, 0) is 4.79 Å². The van der Waals surface area contributed by atoms with Crippen molar-refractivity contribution in [2.24, 2.45) is 0 Å². The van der Waals surface area contributed by atoms with Gasteiger partial charge in [0.15, 0.2) is 11.5 Å². The number of carbonyl (C=O) groups is 1. The number of nitrogens with zero attached hydrogens (tertiary/aromatic N) is 1. The van der Waals surface area contributed by atoms with Crippen molar-refractivity contribution in [2.45, 2.75) is 12.5 Å². The highest BCUT2D eigenvalue weighted by Gasteiger charge is 2.23. The van der Waals surface area contributed by atoms with Gasteiger partial charge in [0, 0.05) is 6.04 Å². The first kappa shape index (κ1) is 15.6. The number of hydrogen-bond acceptors (Lipinski definition) is 4. The lowest BCUT2D eigenvalue weighted by atomic mass is 10.0. The maximum Gasteiger partial charge on any atom is 0.305 e. The Labute approximate surface area is 117 Å². The molecule has 0 aliphatic heterocycles. The van der Waals surface area contributed by atoms with Crippen LogP contribution >= 0.6 is 11.6 Å². The van der Waals surface area contributed by atoms with Crippen molar-refractivity contribution < 1.29 is 19.4 Å². The molecular formula is C13H18ClNO4. The van der Waals surface area contributed by atoms with E-state index in [2.05, 4.69) is 0 Å². The summed E-state index contributed by atoms with van der Waals surface area (Å²) >= 11 is 6.29. The molecule has 0 fully saturated rings. The van der Waals surface area contributed by atoms with E-state index in [-0.39, 0.29) is 12.5 Å². The molecule has 0 amide bonds. The van der Waals surface area contributed by atoms with Gasteiger partial charge in [0.1, 0.15) is 0 Å². The van der Waals surface area contributed by atoms with Crippen LogP contribution in [0.1, 0.15) is 18.0 Å². The predicted octanol–water partition coefficient (Wildman–Crippen LogP) is 2.43. The van der Waals surface area contributed by atoms with Crippen LogP contribution in [0.3, 0.4) is 0 Å². The third-order valence-corrected chi connectivity index (χ3v) is 3.26. The Morgan fingerprint density at radius 3 is 2.42 bits per heavy atom. The first-order chi connectivity index (χ1) is 8.92. The molecule has 0 aliphatic carbocycles. The molecule has 0 bridgehead atoms. The molecule has 1 rings (SSSR count). The lowest BCUT2D eigenvalue weighted by Gasteiger charge is -2.25. The van der Waals surface area contributed by atoms with Crippen molar-refractivity contribution in [1.29, 1.82) is 0 Å². The van der Waals surface area contributed by atoms with Gasteiger partial charge in [0.05, 0.1) is 25.7 Å². The summed E-state index contributed by atoms with van der Waals surface area (Å²) in [5.41, 5.74) is 0.701. The quantitative estimate of drug-likeness (QED) is 0.871. The Kier molecular flexibility index (Phi) is 5.44. The van der Waals surface area contributed by atoms with E-state index in [1.165, 1.54) is 14.2 Å². The largest absolute Gasteiger partial charge is 0.493 e. The Morgan fingerprint density at radius 1 is 1.37 bits per heavy atom. The number of methoxy groups -OCH3 is 2. The van der Waals surface area contributed by atoms with E-state index in [4.69, 9.17) is 26.2 Å². The summed E-state index contributed by atoms with van der Waals surface area (Å²) in [7, 11) is 6.63. The lowest BCUT2D eigenvalue weighted by Crippen LogP contribution is -2.23. The van der Waals surface area contributed by atoms with Gasteiger partial charge in [-0.3, -0.25) is 4.79 Å². The van der Waals surface area contributed by atoms with E-state index in [0.717, 1.165) is 0 Å². The van der Waals surface area contributed by atoms with Gasteiger partial charge in [-0.2, -0.15) is 0 Å². The molecule has 1 aromatic rings. The highest BCUT2D eigenvalue weighted by Crippen LogP contribution is 2.41. The van der Waals surface area contributed by atoms with Crippen LogP contribution < -0.4 is 9.47 Å². The number of carboxylic acids is 1. The second kappa shape index (κ2) is 6.63. The fraction of sp³-hybridized carbons (Fsp3) is 0.462. The smallest absolute Gasteiger partial charge is 0.305 e. The summed E-state index contributed by atoms with van der Waals surface area (Å²) < 4.78 is 10.4. The van der Waals surface area contributed by atoms with Crippen LogP contribution in [0, 0.1) is 0 Å². The van der Waals surface area contributed by atoms with Gasteiger partial charge in [-0.05, 0) is 25.7 Å². The summed E-state index contributed by atoms with van der Waals surface area (Å²) in [6.07, 6.45) is -0.0395. The average molecular weight is 288 g/mol. The molecule has 0 spiro atoms. The molecular weight excluding hydrogens is 270 g/mol. The topological polar surface area (TPSA) is 59.0 Å². The summed E-state index contributed by atoms with van der Waals surface area (Å²) in [4.78, 5) is 12.8. The number of ether oxygens (including phenoxy) is 2. The molecule has 0 saturated heterocycles. The van der Waals surface area contributed by atoms with Crippen molar-refractivity contribution in [2.75, 3.05) is 28.3 Å². The number of hydrogen-bond donors (Lipinski definition) is 1. The molecule has 1 atom stereocenters.